The molecule has 186 valence electrons. The van der Waals surface area contributed by atoms with E-state index in [1.165, 1.54) is 24.3 Å². The van der Waals surface area contributed by atoms with Crippen LogP contribution >= 0.6 is 0 Å². The van der Waals surface area contributed by atoms with Crippen LogP contribution in [0.15, 0.2) is 48.5 Å². The van der Waals surface area contributed by atoms with Gasteiger partial charge in [0.05, 0.1) is 5.56 Å². The van der Waals surface area contributed by atoms with Crippen molar-refractivity contribution in [1.29, 1.82) is 0 Å². The maximum Gasteiger partial charge on any atom is 0.416 e. The van der Waals surface area contributed by atoms with Gasteiger partial charge in [-0.05, 0) is 41.2 Å². The summed E-state index contributed by atoms with van der Waals surface area (Å²) in [4.78, 5) is 16.8. The summed E-state index contributed by atoms with van der Waals surface area (Å²) in [5, 5.41) is 0. The molecular weight excluding hydrogens is 444 g/mol. The third-order valence-electron chi connectivity index (χ3n) is 6.36. The van der Waals surface area contributed by atoms with Crippen LogP contribution in [0, 0.1) is 23.6 Å². The third kappa shape index (κ3) is 6.59. The molecule has 3 rings (SSSR count). The van der Waals surface area contributed by atoms with Crippen LogP contribution in [0.3, 0.4) is 0 Å². The van der Waals surface area contributed by atoms with E-state index in [1.807, 2.05) is 29.7 Å². The Morgan fingerprint density at radius 3 is 2.38 bits per heavy atom. The highest BCUT2D eigenvalue weighted by Gasteiger charge is 2.38. The molecule has 34 heavy (non-hydrogen) atoms. The molecule has 0 saturated carbocycles. The minimum absolute atomic E-state index is 0.0127. The molecule has 1 heterocycles. The lowest BCUT2D eigenvalue weighted by molar-refractivity contribution is -0.138. The molecule has 0 spiro atoms. The van der Waals surface area contributed by atoms with Gasteiger partial charge in [0.15, 0.2) is 0 Å². The molecule has 3 nitrogen and oxygen atoms in total. The average molecular weight is 479 g/mol. The molecule has 1 amide bonds. The molecule has 7 heteroatoms. The Bertz CT molecular complexity index is 973. The fourth-order valence-corrected chi connectivity index (χ4v) is 4.91. The van der Waals surface area contributed by atoms with Crippen molar-refractivity contribution in [3.63, 3.8) is 0 Å². The maximum absolute atomic E-state index is 14.0. The van der Waals surface area contributed by atoms with Gasteiger partial charge < -0.3 is 4.90 Å². The zero-order valence-electron chi connectivity index (χ0n) is 20.3. The number of likely N-dealkylation sites (tertiary alicyclic amines) is 1. The zero-order valence-corrected chi connectivity index (χ0v) is 20.3. The van der Waals surface area contributed by atoms with Gasteiger partial charge in [-0.15, -0.1) is 0 Å². The summed E-state index contributed by atoms with van der Waals surface area (Å²) in [7, 11) is 0. The van der Waals surface area contributed by atoms with E-state index < -0.39 is 11.7 Å². The summed E-state index contributed by atoms with van der Waals surface area (Å²) < 4.78 is 54.7. The lowest BCUT2D eigenvalue weighted by atomic mass is 9.88. The van der Waals surface area contributed by atoms with Gasteiger partial charge in [0.25, 0.3) is 0 Å². The quantitative estimate of drug-likeness (QED) is 0.422. The van der Waals surface area contributed by atoms with Gasteiger partial charge >= 0.3 is 6.18 Å². The van der Waals surface area contributed by atoms with Crippen molar-refractivity contribution >= 4 is 5.91 Å². The summed E-state index contributed by atoms with van der Waals surface area (Å²) in [6.07, 6.45) is -4.42. The summed E-state index contributed by atoms with van der Waals surface area (Å²) in [5.41, 5.74) is 0.418. The van der Waals surface area contributed by atoms with E-state index in [2.05, 4.69) is 13.8 Å². The van der Waals surface area contributed by atoms with Crippen molar-refractivity contribution < 1.29 is 22.4 Å². The number of amides is 1. The van der Waals surface area contributed by atoms with Crippen LogP contribution in [0.5, 0.6) is 0 Å². The van der Waals surface area contributed by atoms with Crippen LogP contribution < -0.4 is 0 Å². The normalized spacial score (nSPS) is 19.2. The van der Waals surface area contributed by atoms with E-state index in [-0.39, 0.29) is 47.5 Å². The van der Waals surface area contributed by atoms with E-state index in [1.54, 1.807) is 12.1 Å². The van der Waals surface area contributed by atoms with Gasteiger partial charge in [-0.2, -0.15) is 13.2 Å². The number of halogens is 4. The number of rotatable bonds is 8. The van der Waals surface area contributed by atoms with Crippen LogP contribution in [-0.4, -0.2) is 41.9 Å². The number of benzene rings is 2. The monoisotopic (exact) mass is 478 g/mol. The van der Waals surface area contributed by atoms with Crippen LogP contribution in [-0.2, 0) is 17.5 Å². The van der Waals surface area contributed by atoms with Gasteiger partial charge in [0, 0.05) is 44.6 Å². The molecule has 0 aromatic heterocycles. The smallest absolute Gasteiger partial charge is 0.342 e. The predicted octanol–water partition coefficient (Wildman–Crippen LogP) is 6.20. The molecule has 2 atom stereocenters. The standard InChI is InChI=1S/C27H34F4N2O/c1-18(2)13-33(26(34)19(3)4)16-22-15-32(17-24(22)20-9-7-10-23(28)12-20)14-21-8-5-6-11-25(21)27(29,30)31/h5-12,18-19,22,24H,13-17H2,1-4H3. The van der Waals surface area contributed by atoms with Gasteiger partial charge in [0.2, 0.25) is 5.91 Å². The van der Waals surface area contributed by atoms with E-state index in [9.17, 15) is 22.4 Å². The van der Waals surface area contributed by atoms with Crippen molar-refractivity contribution in [2.45, 2.75) is 46.3 Å². The maximum atomic E-state index is 14.0. The Labute approximate surface area is 199 Å². The van der Waals surface area contributed by atoms with Crippen molar-refractivity contribution in [3.8, 4) is 0 Å². The summed E-state index contributed by atoms with van der Waals surface area (Å²) >= 11 is 0. The van der Waals surface area contributed by atoms with Crippen molar-refractivity contribution in [2.75, 3.05) is 26.2 Å². The van der Waals surface area contributed by atoms with E-state index in [0.717, 1.165) is 11.6 Å². The molecule has 0 N–H and O–H groups in total. The van der Waals surface area contributed by atoms with Gasteiger partial charge in [-0.1, -0.05) is 58.0 Å². The highest BCUT2D eigenvalue weighted by molar-refractivity contribution is 5.78. The average Bonchev–Trinajstić information content (AvgIpc) is 3.14. The Balaban J connectivity index is 1.88. The summed E-state index contributed by atoms with van der Waals surface area (Å²) in [5.74, 6) is -0.235. The Kier molecular flexibility index (Phi) is 8.39. The number of carbonyl (C=O) groups is 1. The van der Waals surface area contributed by atoms with Gasteiger partial charge in [-0.25, -0.2) is 4.39 Å². The Hall–Kier alpha value is -2.41. The molecule has 1 aliphatic rings. The van der Waals surface area contributed by atoms with Crippen molar-refractivity contribution in [2.24, 2.45) is 17.8 Å². The van der Waals surface area contributed by atoms with E-state index >= 15 is 0 Å². The van der Waals surface area contributed by atoms with Crippen LogP contribution in [0.2, 0.25) is 0 Å². The van der Waals surface area contributed by atoms with Crippen molar-refractivity contribution in [3.05, 3.63) is 71.0 Å². The van der Waals surface area contributed by atoms with Crippen LogP contribution in [0.25, 0.3) is 0 Å². The second-order valence-electron chi connectivity index (χ2n) is 10.1. The van der Waals surface area contributed by atoms with Gasteiger partial charge in [0.1, 0.15) is 5.82 Å². The molecule has 0 bridgehead atoms. The lowest BCUT2D eigenvalue weighted by Gasteiger charge is -2.31. The second-order valence-corrected chi connectivity index (χ2v) is 10.1. The first-order chi connectivity index (χ1) is 16.0. The molecule has 1 fully saturated rings. The topological polar surface area (TPSA) is 23.6 Å². The Morgan fingerprint density at radius 1 is 1.06 bits per heavy atom. The Morgan fingerprint density at radius 2 is 1.76 bits per heavy atom. The van der Waals surface area contributed by atoms with Crippen molar-refractivity contribution in [1.82, 2.24) is 9.80 Å². The predicted molar refractivity (Wildman–Crippen MR) is 126 cm³/mol. The minimum atomic E-state index is -4.42. The highest BCUT2D eigenvalue weighted by Crippen LogP contribution is 2.37. The SMILES string of the molecule is CC(C)CN(CC1CN(Cc2ccccc2C(F)(F)F)CC1c1cccc(F)c1)C(=O)C(C)C. The summed E-state index contributed by atoms with van der Waals surface area (Å²) in [6, 6.07) is 12.1. The molecule has 2 aromatic carbocycles. The number of nitrogens with zero attached hydrogens (tertiary/aromatic N) is 2. The number of hydrogen-bond acceptors (Lipinski definition) is 2. The number of carbonyl (C=O) groups excluding carboxylic acids is 1. The minimum Gasteiger partial charge on any atom is -0.342 e. The fraction of sp³-hybridized carbons (Fsp3) is 0.519. The summed E-state index contributed by atoms with van der Waals surface area (Å²) in [6.45, 7) is 10.1. The molecule has 2 unspecified atom stereocenters. The molecular formula is C27H34F4N2O. The van der Waals surface area contributed by atoms with Gasteiger partial charge in [-0.3, -0.25) is 9.69 Å². The van der Waals surface area contributed by atoms with Crippen LogP contribution in [0.1, 0.15) is 50.3 Å². The first-order valence-electron chi connectivity index (χ1n) is 11.9. The molecule has 1 aliphatic heterocycles. The lowest BCUT2D eigenvalue weighted by Crippen LogP contribution is -2.41. The third-order valence-corrected chi connectivity index (χ3v) is 6.36. The first kappa shape index (κ1) is 26.2. The largest absolute Gasteiger partial charge is 0.416 e. The zero-order chi connectivity index (χ0) is 25.0. The van der Waals surface area contributed by atoms with Crippen LogP contribution in [0.4, 0.5) is 17.6 Å². The number of hydrogen-bond donors (Lipinski definition) is 0. The highest BCUT2D eigenvalue weighted by atomic mass is 19.4. The molecule has 0 radical (unpaired) electrons. The number of alkyl halides is 3. The molecule has 2 aromatic rings. The molecule has 0 aliphatic carbocycles. The fourth-order valence-electron chi connectivity index (χ4n) is 4.91. The molecule has 1 saturated heterocycles. The van der Waals surface area contributed by atoms with E-state index in [0.29, 0.717) is 26.2 Å². The first-order valence-corrected chi connectivity index (χ1v) is 11.9. The van der Waals surface area contributed by atoms with E-state index in [4.69, 9.17) is 0 Å². The second kappa shape index (κ2) is 10.9.